The van der Waals surface area contributed by atoms with Crippen molar-refractivity contribution in [3.63, 3.8) is 0 Å². The van der Waals surface area contributed by atoms with Crippen LogP contribution in [0.25, 0.3) is 291 Å². The van der Waals surface area contributed by atoms with Gasteiger partial charge in [-0.15, -0.1) is 22.7 Å². The smallest absolute Gasteiger partial charge is 0.164 e. The molecule has 0 saturated heterocycles. The second-order valence-corrected chi connectivity index (χ2v) is 38.9. The van der Waals surface area contributed by atoms with Crippen LogP contribution in [0, 0.1) is 0 Å². The highest BCUT2D eigenvalue weighted by Gasteiger charge is 2.26. The number of para-hydroxylation sites is 9. The molecule has 15 heteroatoms. The third kappa shape index (κ3) is 14.1. The van der Waals surface area contributed by atoms with Gasteiger partial charge < -0.3 is 27.0 Å². The largest absolute Gasteiger partial charge is 0.456 e. The number of thiophene rings is 2. The molecule has 0 unspecified atom stereocenters. The van der Waals surface area contributed by atoms with E-state index in [1.807, 2.05) is 138 Å². The first-order chi connectivity index (χ1) is 72.4. The van der Waals surface area contributed by atoms with Crippen LogP contribution in [0.15, 0.2) is 486 Å². The topological polar surface area (TPSA) is 144 Å². The fraction of sp³-hybridized carbons (Fsp3) is 0. The molecule has 0 fully saturated rings. The number of nitrogens with zero attached hydrogens (tertiary/aromatic N) is 10. The van der Waals surface area contributed by atoms with Gasteiger partial charge in [-0.3, -0.25) is 0 Å². The summed E-state index contributed by atoms with van der Waals surface area (Å²) in [6.45, 7) is 0. The second-order valence-electron chi connectivity index (χ2n) is 36.8. The maximum atomic E-state index is 6.47. The Morgan fingerprint density at radius 1 is 0.171 bits per heavy atom. The first-order valence-electron chi connectivity index (χ1n) is 48.8. The Morgan fingerprint density at radius 2 is 0.479 bits per heavy atom. The van der Waals surface area contributed by atoms with E-state index in [4.69, 9.17) is 48.1 Å². The summed E-state index contributed by atoms with van der Waals surface area (Å²) in [5, 5.41) is 19.3. The fourth-order valence-electron chi connectivity index (χ4n) is 21.6. The zero-order valence-electron chi connectivity index (χ0n) is 78.0. The van der Waals surface area contributed by atoms with Crippen LogP contribution >= 0.6 is 22.7 Å². The highest BCUT2D eigenvalue weighted by molar-refractivity contribution is 7.27. The van der Waals surface area contributed by atoms with Gasteiger partial charge in [-0.25, -0.2) is 34.9 Å². The SMILES string of the molecule is c1ccc(-c2cc(-c3cccc4c3oc3ccccc34)nc(-c3cccc(-n4c5ccccc5c5c6sc7ccccc7c6ccc54)c3)n2)cc1.c1ccc(-c2nc(-c3cccc(-n4c5ccccc5c5c6sc7ccccc7c6ccc54)c3)cc(-c3cccc4c3oc3ccccc34)n2)cc1.c1ccc(-c2nc(-c3cccc(-n4c5ccccc5c5ccccc54)c3)nc(-c3ccc4c(c3)oc3ccccc34)n2)cc1. The number of aromatic nitrogens is 10. The van der Waals surface area contributed by atoms with E-state index >= 15 is 0 Å². The zero-order valence-corrected chi connectivity index (χ0v) is 79.7. The van der Waals surface area contributed by atoms with E-state index in [0.29, 0.717) is 29.1 Å². The Morgan fingerprint density at radius 3 is 0.959 bits per heavy atom. The molecule has 0 aliphatic heterocycles. The summed E-state index contributed by atoms with van der Waals surface area (Å²) in [6.07, 6.45) is 0. The van der Waals surface area contributed by atoms with Crippen LogP contribution in [-0.4, -0.2) is 48.6 Å². The minimum atomic E-state index is 0.596. The van der Waals surface area contributed by atoms with E-state index in [1.165, 1.54) is 94.7 Å². The summed E-state index contributed by atoms with van der Waals surface area (Å²) in [4.78, 5) is 35.7. The van der Waals surface area contributed by atoms with Gasteiger partial charge >= 0.3 is 0 Å². The van der Waals surface area contributed by atoms with Gasteiger partial charge in [0.2, 0.25) is 0 Å². The molecule has 0 amide bonds. The predicted molar refractivity (Wildman–Crippen MR) is 603 cm³/mol. The van der Waals surface area contributed by atoms with Gasteiger partial charge in [0, 0.05) is 172 Å². The lowest BCUT2D eigenvalue weighted by Crippen LogP contribution is -2.01. The van der Waals surface area contributed by atoms with Crippen molar-refractivity contribution >= 4 is 194 Å². The van der Waals surface area contributed by atoms with Crippen molar-refractivity contribution in [2.75, 3.05) is 0 Å². The molecule has 11 heterocycles. The molecule has 11 aromatic heterocycles. The van der Waals surface area contributed by atoms with Gasteiger partial charge in [0.05, 0.1) is 55.9 Å². The Bertz CT molecular complexity index is 10200. The van der Waals surface area contributed by atoms with Crippen LogP contribution in [0.1, 0.15) is 0 Å². The number of furan rings is 3. The van der Waals surface area contributed by atoms with E-state index in [0.717, 1.165) is 167 Å². The molecular weight excluding hydrogens is 1830 g/mol. The van der Waals surface area contributed by atoms with Crippen molar-refractivity contribution in [3.8, 4) is 119 Å². The molecule has 682 valence electrons. The van der Waals surface area contributed by atoms with Crippen molar-refractivity contribution in [3.05, 3.63) is 473 Å². The summed E-state index contributed by atoms with van der Waals surface area (Å²) in [6, 6.07) is 165. The van der Waals surface area contributed by atoms with Gasteiger partial charge in [0.25, 0.3) is 0 Å². The number of fused-ring (bicyclic) bond motifs is 26. The normalized spacial score (nSPS) is 11.8. The van der Waals surface area contributed by atoms with Gasteiger partial charge in [-0.1, -0.05) is 334 Å². The van der Waals surface area contributed by atoms with E-state index in [1.54, 1.807) is 0 Å². The summed E-state index contributed by atoms with van der Waals surface area (Å²) in [5.41, 5.74) is 27.2. The van der Waals surface area contributed by atoms with Gasteiger partial charge in [0.1, 0.15) is 33.5 Å². The maximum Gasteiger partial charge on any atom is 0.164 e. The Balaban J connectivity index is 0.000000104. The third-order valence-corrected chi connectivity index (χ3v) is 30.7. The maximum absolute atomic E-state index is 6.47. The molecule has 20 aromatic carbocycles. The van der Waals surface area contributed by atoms with Gasteiger partial charge in [0.15, 0.2) is 29.1 Å². The first kappa shape index (κ1) is 83.8. The summed E-state index contributed by atoms with van der Waals surface area (Å²) >= 11 is 3.75. The molecule has 13 nitrogen and oxygen atoms in total. The lowest BCUT2D eigenvalue weighted by Gasteiger charge is -2.12. The van der Waals surface area contributed by atoms with E-state index in [2.05, 4.69) is 372 Å². The molecule has 31 aromatic rings. The van der Waals surface area contributed by atoms with E-state index in [9.17, 15) is 0 Å². The predicted octanol–water partition coefficient (Wildman–Crippen LogP) is 35.6. The number of rotatable bonds is 12. The zero-order chi connectivity index (χ0) is 96.0. The third-order valence-electron chi connectivity index (χ3n) is 28.3. The van der Waals surface area contributed by atoms with Crippen LogP contribution in [-0.2, 0) is 0 Å². The molecule has 0 spiro atoms. The van der Waals surface area contributed by atoms with Crippen LogP contribution in [0.4, 0.5) is 0 Å². The van der Waals surface area contributed by atoms with Crippen LogP contribution in [0.2, 0.25) is 0 Å². The molecule has 31 rings (SSSR count). The van der Waals surface area contributed by atoms with Crippen molar-refractivity contribution in [2.45, 2.75) is 0 Å². The summed E-state index contributed by atoms with van der Waals surface area (Å²) < 4.78 is 31.5. The quantitative estimate of drug-likeness (QED) is 0.116. The van der Waals surface area contributed by atoms with Gasteiger partial charge in [-0.05, 0) is 140 Å². The highest BCUT2D eigenvalue weighted by Crippen LogP contribution is 2.49. The van der Waals surface area contributed by atoms with Crippen LogP contribution < -0.4 is 0 Å². The molecule has 0 N–H and O–H groups in total. The molecule has 0 radical (unpaired) electrons. The van der Waals surface area contributed by atoms with Crippen molar-refractivity contribution in [1.82, 2.24) is 48.6 Å². The fourth-order valence-corrected chi connectivity index (χ4v) is 24.2. The highest BCUT2D eigenvalue weighted by atomic mass is 32.1. The van der Waals surface area contributed by atoms with Crippen molar-refractivity contribution < 1.29 is 13.3 Å². The van der Waals surface area contributed by atoms with Gasteiger partial charge in [-0.2, -0.15) is 0 Å². The molecule has 0 aliphatic rings. The molecule has 0 saturated carbocycles. The first-order valence-corrected chi connectivity index (χ1v) is 50.4. The van der Waals surface area contributed by atoms with Crippen LogP contribution in [0.5, 0.6) is 0 Å². The average molecular weight is 1900 g/mol. The van der Waals surface area contributed by atoms with Crippen molar-refractivity contribution in [2.24, 2.45) is 0 Å². The molecule has 0 atom stereocenters. The summed E-state index contributed by atoms with van der Waals surface area (Å²) in [5.74, 6) is 3.16. The number of hydrogen-bond acceptors (Lipinski definition) is 12. The van der Waals surface area contributed by atoms with Crippen molar-refractivity contribution in [1.29, 1.82) is 0 Å². The number of benzene rings is 20. The Labute approximate surface area is 842 Å². The minimum Gasteiger partial charge on any atom is -0.456 e. The molecular formula is C131H78N10O3S2. The Hall–Kier alpha value is -19.2. The molecule has 146 heavy (non-hydrogen) atoms. The molecule has 0 aliphatic carbocycles. The monoisotopic (exact) mass is 1900 g/mol. The molecule has 0 bridgehead atoms. The van der Waals surface area contributed by atoms with Crippen LogP contribution in [0.3, 0.4) is 0 Å². The van der Waals surface area contributed by atoms with E-state index in [-0.39, 0.29) is 0 Å². The van der Waals surface area contributed by atoms with E-state index < -0.39 is 0 Å². The average Bonchev–Trinajstić information content (AvgIpc) is 1.56. The number of hydrogen-bond donors (Lipinski definition) is 0. The lowest BCUT2D eigenvalue weighted by molar-refractivity contribution is 0.669. The summed E-state index contributed by atoms with van der Waals surface area (Å²) in [7, 11) is 0. The standard InChI is InChI=1S/2C46H27N3OS.C39H24N4O/c1-2-12-28(13-3-1)46-47-37(27-38(48-46)35-20-11-19-33-31-16-5-8-22-41(31)50-44(33)35)29-14-10-15-30(26-29)49-39-21-7-4-18-36(39)43-40(49)25-24-34-32-17-6-9-23-42(32)51-45(34)43;1-2-12-28(13-3-1)37-27-38(35-20-11-19-33-31-16-5-8-22-41(31)50-44(33)35)48-46(47-37)29-14-10-15-30(26-29)49-39-21-7-4-18-36(39)43-40(49)25-24-34-32-17-6-9-23-42(32)51-45(34)43;1-2-11-25(12-3-1)37-40-38(42-39(41-37)27-21-22-32-31-17-6-9-20-35(31)44-36(32)24-27)26-13-10-14-28(23-26)43-33-18-7-4-15-29(33)30-16-5-8-19-34(30)43/h2*1-27H;1-24H. The lowest BCUT2D eigenvalue weighted by atomic mass is 10.0. The second kappa shape index (κ2) is 34.4. The minimum absolute atomic E-state index is 0.596. The Kier molecular flexibility index (Phi) is 19.7.